The monoisotopic (exact) mass is 194 g/mol. The van der Waals surface area contributed by atoms with Gasteiger partial charge in [0.05, 0.1) is 6.20 Å². The summed E-state index contributed by atoms with van der Waals surface area (Å²) in [6.45, 7) is 0. The third-order valence-electron chi connectivity index (χ3n) is 1.46. The lowest BCUT2D eigenvalue weighted by Gasteiger charge is -2.03. The van der Waals surface area contributed by atoms with Crippen LogP contribution in [-0.2, 0) is 0 Å². The molecule has 0 aliphatic rings. The van der Waals surface area contributed by atoms with E-state index >= 15 is 0 Å². The fourth-order valence-electron chi connectivity index (χ4n) is 0.968. The molecule has 2 aromatic heterocycles. The Labute approximate surface area is 78.8 Å². The van der Waals surface area contributed by atoms with Gasteiger partial charge in [0.2, 0.25) is 0 Å². The van der Waals surface area contributed by atoms with E-state index in [0.717, 1.165) is 5.52 Å². The number of rotatable bonds is 1. The Bertz CT molecular complexity index is 449. The number of hydrogen-bond donors (Lipinski definition) is 2. The first-order chi connectivity index (χ1) is 6.27. The molecule has 6 nitrogen and oxygen atoms in total. The fourth-order valence-corrected chi connectivity index (χ4v) is 1.07. The highest BCUT2D eigenvalue weighted by molar-refractivity contribution is 7.80. The van der Waals surface area contributed by atoms with Crippen molar-refractivity contribution in [1.82, 2.24) is 19.6 Å². The van der Waals surface area contributed by atoms with Crippen molar-refractivity contribution in [3.05, 3.63) is 18.9 Å². The number of nitrogens with zero attached hydrogens (tertiary/aromatic N) is 4. The molecule has 13 heavy (non-hydrogen) atoms. The molecule has 7 heteroatoms. The largest absolute Gasteiger partial charge is 0.375 e. The number of imidazole rings is 1. The molecular weight excluding hydrogens is 188 g/mol. The van der Waals surface area contributed by atoms with E-state index in [-0.39, 0.29) is 5.11 Å². The summed E-state index contributed by atoms with van der Waals surface area (Å²) in [6.07, 6.45) is 4.60. The van der Waals surface area contributed by atoms with Gasteiger partial charge < -0.3 is 5.73 Å². The molecule has 0 aromatic carbocycles. The van der Waals surface area contributed by atoms with Crippen LogP contribution >= 0.6 is 12.2 Å². The number of nitrogens with one attached hydrogen (secondary N) is 1. The first-order valence-electron chi connectivity index (χ1n) is 3.47. The Morgan fingerprint density at radius 1 is 1.54 bits per heavy atom. The van der Waals surface area contributed by atoms with E-state index < -0.39 is 0 Å². The summed E-state index contributed by atoms with van der Waals surface area (Å²) in [5.74, 6) is 0. The maximum atomic E-state index is 5.31. The van der Waals surface area contributed by atoms with E-state index in [4.69, 9.17) is 5.73 Å². The Morgan fingerprint density at radius 3 is 3.15 bits per heavy atom. The maximum Gasteiger partial charge on any atom is 0.183 e. The second kappa shape index (κ2) is 2.94. The van der Waals surface area contributed by atoms with Crippen LogP contribution in [-0.4, -0.2) is 24.7 Å². The predicted molar refractivity (Wildman–Crippen MR) is 51.5 cm³/mol. The summed E-state index contributed by atoms with van der Waals surface area (Å²) in [7, 11) is 0. The first-order valence-corrected chi connectivity index (χ1v) is 3.88. The molecule has 0 bridgehead atoms. The van der Waals surface area contributed by atoms with Crippen molar-refractivity contribution < 1.29 is 0 Å². The molecule has 2 aromatic rings. The van der Waals surface area contributed by atoms with E-state index in [0.29, 0.717) is 5.65 Å². The zero-order chi connectivity index (χ0) is 9.26. The van der Waals surface area contributed by atoms with Crippen LogP contribution in [0.1, 0.15) is 0 Å². The van der Waals surface area contributed by atoms with Gasteiger partial charge in [-0.25, -0.2) is 19.6 Å². The summed E-state index contributed by atoms with van der Waals surface area (Å²) >= 11 is 4.68. The zero-order valence-corrected chi connectivity index (χ0v) is 7.32. The molecule has 0 atom stereocenters. The smallest absolute Gasteiger partial charge is 0.183 e. The molecule has 2 heterocycles. The van der Waals surface area contributed by atoms with Crippen LogP contribution in [0.5, 0.6) is 0 Å². The van der Waals surface area contributed by atoms with E-state index in [1.54, 1.807) is 17.2 Å². The van der Waals surface area contributed by atoms with Crippen LogP contribution in [0.2, 0.25) is 0 Å². The molecule has 0 saturated carbocycles. The van der Waals surface area contributed by atoms with Crippen molar-refractivity contribution >= 4 is 28.5 Å². The van der Waals surface area contributed by atoms with Gasteiger partial charge >= 0.3 is 0 Å². The lowest BCUT2D eigenvalue weighted by Crippen LogP contribution is -2.27. The lowest BCUT2D eigenvalue weighted by atomic mass is 10.6. The van der Waals surface area contributed by atoms with Gasteiger partial charge in [-0.1, -0.05) is 0 Å². The van der Waals surface area contributed by atoms with Crippen molar-refractivity contribution in [2.75, 3.05) is 5.43 Å². The molecule has 0 aliphatic heterocycles. The molecule has 0 radical (unpaired) electrons. The van der Waals surface area contributed by atoms with Crippen molar-refractivity contribution in [3.63, 3.8) is 0 Å². The average Bonchev–Trinajstić information content (AvgIpc) is 2.48. The molecule has 0 unspecified atom stereocenters. The minimum absolute atomic E-state index is 0.170. The van der Waals surface area contributed by atoms with Crippen LogP contribution in [0.15, 0.2) is 18.9 Å². The van der Waals surface area contributed by atoms with Crippen molar-refractivity contribution in [2.45, 2.75) is 0 Å². The third-order valence-corrected chi connectivity index (χ3v) is 1.55. The second-order valence-corrected chi connectivity index (χ2v) is 2.76. The summed E-state index contributed by atoms with van der Waals surface area (Å²) in [6, 6.07) is 0. The summed E-state index contributed by atoms with van der Waals surface area (Å²) in [5.41, 5.74) is 9.34. The Balaban J connectivity index is 2.51. The zero-order valence-electron chi connectivity index (χ0n) is 6.51. The van der Waals surface area contributed by atoms with Crippen molar-refractivity contribution in [2.24, 2.45) is 5.73 Å². The highest BCUT2D eigenvalue weighted by atomic mass is 32.1. The van der Waals surface area contributed by atoms with Crippen LogP contribution in [0, 0.1) is 0 Å². The van der Waals surface area contributed by atoms with Crippen LogP contribution in [0.25, 0.3) is 11.2 Å². The van der Waals surface area contributed by atoms with Gasteiger partial charge in [0.25, 0.3) is 0 Å². The molecule has 0 aliphatic carbocycles. The normalized spacial score (nSPS) is 10.2. The lowest BCUT2D eigenvalue weighted by molar-refractivity contribution is 1.00. The van der Waals surface area contributed by atoms with Gasteiger partial charge in [-0.2, -0.15) is 0 Å². The SMILES string of the molecule is NC(=S)Nn1cnc2ncncc21. The Morgan fingerprint density at radius 2 is 2.38 bits per heavy atom. The average molecular weight is 194 g/mol. The van der Waals surface area contributed by atoms with Crippen LogP contribution < -0.4 is 11.2 Å². The minimum Gasteiger partial charge on any atom is -0.375 e. The number of aromatic nitrogens is 4. The molecule has 0 saturated heterocycles. The van der Waals surface area contributed by atoms with E-state index in [1.807, 2.05) is 0 Å². The van der Waals surface area contributed by atoms with Gasteiger partial charge in [0, 0.05) is 0 Å². The number of thiocarbonyl (C=S) groups is 1. The van der Waals surface area contributed by atoms with Crippen LogP contribution in [0.4, 0.5) is 0 Å². The quantitative estimate of drug-likeness (QED) is 0.602. The summed E-state index contributed by atoms with van der Waals surface area (Å²) in [4.78, 5) is 11.8. The number of nitrogens with two attached hydrogens (primary N) is 1. The molecule has 2 rings (SSSR count). The van der Waals surface area contributed by atoms with Crippen molar-refractivity contribution in [1.29, 1.82) is 0 Å². The summed E-state index contributed by atoms with van der Waals surface area (Å²) < 4.78 is 1.57. The second-order valence-electron chi connectivity index (χ2n) is 2.32. The Hall–Kier alpha value is -1.76. The van der Waals surface area contributed by atoms with E-state index in [9.17, 15) is 0 Å². The molecule has 3 N–H and O–H groups in total. The first kappa shape index (κ1) is 7.87. The van der Waals surface area contributed by atoms with Gasteiger partial charge in [-0.15, -0.1) is 0 Å². The van der Waals surface area contributed by atoms with E-state index in [1.165, 1.54) is 6.33 Å². The third kappa shape index (κ3) is 1.41. The highest BCUT2D eigenvalue weighted by Gasteiger charge is 2.02. The van der Waals surface area contributed by atoms with Gasteiger partial charge in [-0.3, -0.25) is 5.43 Å². The van der Waals surface area contributed by atoms with Crippen LogP contribution in [0.3, 0.4) is 0 Å². The molecule has 0 amide bonds. The number of hydrogen-bond acceptors (Lipinski definition) is 4. The molecular formula is C6H6N6S. The minimum atomic E-state index is 0.170. The Kier molecular flexibility index (Phi) is 1.78. The van der Waals surface area contributed by atoms with Gasteiger partial charge in [0.1, 0.15) is 18.2 Å². The number of fused-ring (bicyclic) bond motifs is 1. The topological polar surface area (TPSA) is 81.6 Å². The molecule has 0 spiro atoms. The van der Waals surface area contributed by atoms with E-state index in [2.05, 4.69) is 32.6 Å². The predicted octanol–water partition coefficient (Wildman–Crippen LogP) is -0.387. The highest BCUT2D eigenvalue weighted by Crippen LogP contribution is 2.04. The van der Waals surface area contributed by atoms with Crippen molar-refractivity contribution in [3.8, 4) is 0 Å². The maximum absolute atomic E-state index is 5.31. The molecule has 66 valence electrons. The van der Waals surface area contributed by atoms with Gasteiger partial charge in [-0.05, 0) is 12.2 Å². The molecule has 0 fully saturated rings. The summed E-state index contributed by atoms with van der Waals surface area (Å²) in [5, 5.41) is 0.170. The standard InChI is InChI=1S/C6H6N6S/c7-6(13)11-12-3-10-5-4(12)1-8-2-9-5/h1-3H,(H3,7,11,13). The van der Waals surface area contributed by atoms with Gasteiger partial charge in [0.15, 0.2) is 10.8 Å². The fraction of sp³-hybridized carbons (Fsp3) is 0.